The fourth-order valence-corrected chi connectivity index (χ4v) is 4.69. The molecule has 0 bridgehead atoms. The summed E-state index contributed by atoms with van der Waals surface area (Å²) >= 11 is 12.0. The maximum atomic E-state index is 12.9. The van der Waals surface area contributed by atoms with Gasteiger partial charge in [0.2, 0.25) is 15.0 Å². The standard InChI is InChI=1S/C15H14Cl2N4O4S/c1-19-11-12(20(2)15(23)21(3)13(11)22)18-14(19)26(24,25)7-8-5-4-6-9(16)10(8)17/h4-6H,7H2,1-3H3. The highest BCUT2D eigenvalue weighted by Gasteiger charge is 2.27. The van der Waals surface area contributed by atoms with Crippen LogP contribution in [0, 0.1) is 0 Å². The summed E-state index contributed by atoms with van der Waals surface area (Å²) in [4.78, 5) is 28.5. The van der Waals surface area contributed by atoms with Gasteiger partial charge in [0.05, 0.1) is 15.8 Å². The quantitative estimate of drug-likeness (QED) is 0.639. The van der Waals surface area contributed by atoms with Crippen molar-refractivity contribution < 1.29 is 8.42 Å². The molecule has 3 aromatic rings. The van der Waals surface area contributed by atoms with Crippen LogP contribution in [0.25, 0.3) is 11.2 Å². The molecule has 0 aliphatic rings. The van der Waals surface area contributed by atoms with Gasteiger partial charge in [-0.3, -0.25) is 13.9 Å². The Labute approximate surface area is 158 Å². The number of fused-ring (bicyclic) bond motifs is 1. The summed E-state index contributed by atoms with van der Waals surface area (Å²) in [5, 5.41) is 0.0438. The Morgan fingerprint density at radius 2 is 1.69 bits per heavy atom. The number of halogens is 2. The Morgan fingerprint density at radius 1 is 1.04 bits per heavy atom. The van der Waals surface area contributed by atoms with Crippen molar-refractivity contribution in [2.24, 2.45) is 21.1 Å². The lowest BCUT2D eigenvalue weighted by Gasteiger charge is -2.07. The first kappa shape index (κ1) is 18.7. The first-order valence-corrected chi connectivity index (χ1v) is 9.75. The summed E-state index contributed by atoms with van der Waals surface area (Å²) < 4.78 is 28.9. The average molecular weight is 417 g/mol. The molecule has 0 saturated heterocycles. The summed E-state index contributed by atoms with van der Waals surface area (Å²) in [6, 6.07) is 4.69. The Hall–Kier alpha value is -2.10. The van der Waals surface area contributed by atoms with Crippen LogP contribution in [0.5, 0.6) is 0 Å². The van der Waals surface area contributed by atoms with Crippen molar-refractivity contribution in [2.75, 3.05) is 0 Å². The molecule has 0 aliphatic heterocycles. The van der Waals surface area contributed by atoms with Gasteiger partial charge in [-0.2, -0.15) is 4.98 Å². The van der Waals surface area contributed by atoms with E-state index in [0.717, 1.165) is 9.13 Å². The Balaban J connectivity index is 2.25. The fourth-order valence-electron chi connectivity index (χ4n) is 2.71. The van der Waals surface area contributed by atoms with Crippen LogP contribution in [0.3, 0.4) is 0 Å². The van der Waals surface area contributed by atoms with E-state index in [9.17, 15) is 18.0 Å². The van der Waals surface area contributed by atoms with Crippen molar-refractivity contribution >= 4 is 44.2 Å². The summed E-state index contributed by atoms with van der Waals surface area (Å²) in [7, 11) is 0.186. The van der Waals surface area contributed by atoms with E-state index in [0.29, 0.717) is 5.56 Å². The molecule has 2 aromatic heterocycles. The van der Waals surface area contributed by atoms with Gasteiger partial charge < -0.3 is 4.57 Å². The van der Waals surface area contributed by atoms with E-state index in [2.05, 4.69) is 4.98 Å². The Bertz CT molecular complexity index is 1270. The summed E-state index contributed by atoms with van der Waals surface area (Å²) in [5.41, 5.74) is -0.891. The first-order chi connectivity index (χ1) is 12.1. The normalized spacial score (nSPS) is 12.0. The monoisotopic (exact) mass is 416 g/mol. The van der Waals surface area contributed by atoms with Crippen LogP contribution in [0.1, 0.15) is 5.56 Å². The minimum absolute atomic E-state index is 0.00336. The molecule has 0 N–H and O–H groups in total. The van der Waals surface area contributed by atoms with Gasteiger partial charge in [0, 0.05) is 21.1 Å². The summed E-state index contributed by atoms with van der Waals surface area (Å²) in [5.74, 6) is -0.447. The molecular formula is C15H14Cl2N4O4S. The lowest BCUT2D eigenvalue weighted by atomic mass is 10.2. The average Bonchev–Trinajstić information content (AvgIpc) is 2.93. The highest BCUT2D eigenvalue weighted by molar-refractivity contribution is 7.90. The minimum atomic E-state index is -3.96. The van der Waals surface area contributed by atoms with Crippen LogP contribution < -0.4 is 11.2 Å². The zero-order valence-corrected chi connectivity index (χ0v) is 16.4. The molecule has 0 fully saturated rings. The topological polar surface area (TPSA) is 96.0 Å². The number of hydrogen-bond donors (Lipinski definition) is 0. The van der Waals surface area contributed by atoms with Crippen molar-refractivity contribution in [1.82, 2.24) is 18.7 Å². The molecule has 0 spiro atoms. The van der Waals surface area contributed by atoms with Crippen LogP contribution in [-0.4, -0.2) is 27.1 Å². The third kappa shape index (κ3) is 2.76. The number of nitrogens with zero attached hydrogens (tertiary/aromatic N) is 4. The van der Waals surface area contributed by atoms with E-state index in [1.807, 2.05) is 0 Å². The highest BCUT2D eigenvalue weighted by Crippen LogP contribution is 2.28. The third-order valence-electron chi connectivity index (χ3n) is 4.09. The molecule has 11 heteroatoms. The van der Waals surface area contributed by atoms with E-state index >= 15 is 0 Å². The Kier molecular flexibility index (Phi) is 4.50. The second kappa shape index (κ2) is 6.26. The van der Waals surface area contributed by atoms with E-state index in [1.165, 1.54) is 25.7 Å². The number of benzene rings is 1. The molecule has 0 saturated carbocycles. The predicted octanol–water partition coefficient (Wildman–Crippen LogP) is 1.25. The molecule has 0 unspecified atom stereocenters. The van der Waals surface area contributed by atoms with E-state index in [1.54, 1.807) is 18.2 Å². The number of rotatable bonds is 3. The maximum absolute atomic E-state index is 12.9. The second-order valence-electron chi connectivity index (χ2n) is 5.80. The van der Waals surface area contributed by atoms with Crippen LogP contribution in [-0.2, 0) is 36.7 Å². The van der Waals surface area contributed by atoms with Crippen molar-refractivity contribution in [3.63, 3.8) is 0 Å². The van der Waals surface area contributed by atoms with Gasteiger partial charge in [-0.05, 0) is 11.6 Å². The Morgan fingerprint density at radius 3 is 2.35 bits per heavy atom. The van der Waals surface area contributed by atoms with E-state index in [-0.39, 0.29) is 26.4 Å². The number of aryl methyl sites for hydroxylation is 2. The molecule has 138 valence electrons. The largest absolute Gasteiger partial charge is 0.332 e. The molecule has 0 radical (unpaired) electrons. The number of hydrogen-bond acceptors (Lipinski definition) is 5. The molecule has 26 heavy (non-hydrogen) atoms. The highest BCUT2D eigenvalue weighted by atomic mass is 35.5. The second-order valence-corrected chi connectivity index (χ2v) is 8.47. The number of sulfone groups is 1. The van der Waals surface area contributed by atoms with Crippen molar-refractivity contribution in [3.8, 4) is 0 Å². The first-order valence-electron chi connectivity index (χ1n) is 7.34. The van der Waals surface area contributed by atoms with Gasteiger partial charge in [0.25, 0.3) is 5.56 Å². The molecule has 0 amide bonds. The van der Waals surface area contributed by atoms with Gasteiger partial charge in [-0.1, -0.05) is 35.3 Å². The van der Waals surface area contributed by atoms with Crippen LogP contribution in [0.2, 0.25) is 10.0 Å². The molecule has 1 aromatic carbocycles. The summed E-state index contributed by atoms with van der Waals surface area (Å²) in [6.07, 6.45) is 0. The van der Waals surface area contributed by atoms with Gasteiger partial charge in [0.1, 0.15) is 0 Å². The zero-order chi connectivity index (χ0) is 19.4. The lowest BCUT2D eigenvalue weighted by molar-refractivity contribution is 0.579. The van der Waals surface area contributed by atoms with E-state index < -0.39 is 26.8 Å². The molecule has 2 heterocycles. The van der Waals surface area contributed by atoms with Gasteiger partial charge in [0.15, 0.2) is 11.2 Å². The predicted molar refractivity (Wildman–Crippen MR) is 98.5 cm³/mol. The van der Waals surface area contributed by atoms with E-state index in [4.69, 9.17) is 23.2 Å². The van der Waals surface area contributed by atoms with Gasteiger partial charge in [-0.15, -0.1) is 0 Å². The number of aromatic nitrogens is 4. The van der Waals surface area contributed by atoms with Gasteiger partial charge >= 0.3 is 5.69 Å². The molecule has 8 nitrogen and oxygen atoms in total. The van der Waals surface area contributed by atoms with Crippen LogP contribution in [0.15, 0.2) is 32.9 Å². The summed E-state index contributed by atoms with van der Waals surface area (Å²) in [6.45, 7) is 0. The molecule has 0 aliphatic carbocycles. The lowest BCUT2D eigenvalue weighted by Crippen LogP contribution is -2.37. The molecule has 0 atom stereocenters. The van der Waals surface area contributed by atoms with Crippen molar-refractivity contribution in [3.05, 3.63) is 54.6 Å². The minimum Gasteiger partial charge on any atom is -0.312 e. The smallest absolute Gasteiger partial charge is 0.312 e. The maximum Gasteiger partial charge on any atom is 0.332 e. The molecule has 3 rings (SSSR count). The van der Waals surface area contributed by atoms with Crippen LogP contribution >= 0.6 is 23.2 Å². The van der Waals surface area contributed by atoms with Gasteiger partial charge in [-0.25, -0.2) is 13.2 Å². The molecular weight excluding hydrogens is 403 g/mol. The third-order valence-corrected chi connectivity index (χ3v) is 6.56. The fraction of sp³-hybridized carbons (Fsp3) is 0.267. The van der Waals surface area contributed by atoms with Crippen molar-refractivity contribution in [1.29, 1.82) is 0 Å². The van der Waals surface area contributed by atoms with Crippen LogP contribution in [0.4, 0.5) is 0 Å². The van der Waals surface area contributed by atoms with Crippen molar-refractivity contribution in [2.45, 2.75) is 10.9 Å². The zero-order valence-electron chi connectivity index (χ0n) is 14.0. The number of imidazole rings is 1. The SMILES string of the molecule is Cn1c(=O)c2c(nc(S(=O)(=O)Cc3cccc(Cl)c3Cl)n2C)n(C)c1=O.